The highest BCUT2D eigenvalue weighted by Crippen LogP contribution is 2.11. The molecule has 0 saturated heterocycles. The highest BCUT2D eigenvalue weighted by molar-refractivity contribution is 5.85. The average Bonchev–Trinajstić information content (AvgIpc) is 2.63. The minimum atomic E-state index is -0.808. The molecule has 0 spiro atoms. The van der Waals surface area contributed by atoms with Crippen molar-refractivity contribution in [3.05, 3.63) is 0 Å². The van der Waals surface area contributed by atoms with Gasteiger partial charge in [-0.2, -0.15) is 0 Å². The maximum absolute atomic E-state index is 12.2. The Morgan fingerprint density at radius 2 is 1.44 bits per heavy atom. The van der Waals surface area contributed by atoms with Crippen molar-refractivity contribution in [2.75, 3.05) is 0 Å². The fourth-order valence-corrected chi connectivity index (χ4v) is 2.76. The molecule has 0 aliphatic carbocycles. The van der Waals surface area contributed by atoms with E-state index >= 15 is 0 Å². The molecule has 2 amide bonds. The predicted molar refractivity (Wildman–Crippen MR) is 108 cm³/mol. The van der Waals surface area contributed by atoms with Crippen LogP contribution in [0, 0.1) is 0 Å². The summed E-state index contributed by atoms with van der Waals surface area (Å²) in [5.74, 6) is -1.16. The van der Waals surface area contributed by atoms with Crippen molar-refractivity contribution >= 4 is 17.8 Å². The number of primary amides is 1. The van der Waals surface area contributed by atoms with E-state index in [1.54, 1.807) is 6.92 Å². The highest BCUT2D eigenvalue weighted by Gasteiger charge is 2.24. The first-order valence-corrected chi connectivity index (χ1v) is 10.7. The van der Waals surface area contributed by atoms with E-state index in [0.29, 0.717) is 12.8 Å². The number of ether oxygens (including phenoxy) is 1. The van der Waals surface area contributed by atoms with E-state index in [1.165, 1.54) is 38.5 Å². The van der Waals surface area contributed by atoms with Crippen molar-refractivity contribution in [2.24, 2.45) is 5.73 Å². The summed E-state index contributed by atoms with van der Waals surface area (Å²) < 4.78 is 5.29. The van der Waals surface area contributed by atoms with Crippen LogP contribution in [0.1, 0.15) is 104 Å². The van der Waals surface area contributed by atoms with Crippen LogP contribution < -0.4 is 11.1 Å². The van der Waals surface area contributed by atoms with Gasteiger partial charge in [0.1, 0.15) is 6.04 Å². The molecule has 0 aliphatic heterocycles. The van der Waals surface area contributed by atoms with Crippen LogP contribution in [0.25, 0.3) is 0 Å². The standard InChI is InChI=1S/C21H40N2O4/c1-4-6-7-8-9-10-11-12-13-14-20(25)23-18(15-16-19(22)24)21(26)27-17(3)5-2/h17-18H,4-16H2,1-3H3,(H2,22,24)(H,23,25)/t17?,18-/m0/s1. The maximum Gasteiger partial charge on any atom is 0.328 e. The van der Waals surface area contributed by atoms with Crippen LogP contribution in [0.15, 0.2) is 0 Å². The SMILES string of the molecule is CCCCCCCCCCCC(=O)N[C@@H](CCC(N)=O)C(=O)OC(C)CC. The number of amides is 2. The Labute approximate surface area is 165 Å². The van der Waals surface area contributed by atoms with Crippen LogP contribution in [0.5, 0.6) is 0 Å². The van der Waals surface area contributed by atoms with Crippen molar-refractivity contribution in [1.82, 2.24) is 5.32 Å². The van der Waals surface area contributed by atoms with E-state index in [9.17, 15) is 14.4 Å². The molecule has 27 heavy (non-hydrogen) atoms. The van der Waals surface area contributed by atoms with Gasteiger partial charge < -0.3 is 15.8 Å². The van der Waals surface area contributed by atoms with E-state index in [4.69, 9.17) is 10.5 Å². The largest absolute Gasteiger partial charge is 0.461 e. The number of nitrogens with one attached hydrogen (secondary N) is 1. The Morgan fingerprint density at radius 1 is 0.889 bits per heavy atom. The Bertz CT molecular complexity index is 426. The zero-order valence-corrected chi connectivity index (χ0v) is 17.6. The molecule has 0 heterocycles. The second-order valence-electron chi connectivity index (χ2n) is 7.36. The van der Waals surface area contributed by atoms with Crippen molar-refractivity contribution in [3.63, 3.8) is 0 Å². The summed E-state index contributed by atoms with van der Waals surface area (Å²) in [7, 11) is 0. The Kier molecular flexibility index (Phi) is 15.6. The fourth-order valence-electron chi connectivity index (χ4n) is 2.76. The van der Waals surface area contributed by atoms with E-state index in [2.05, 4.69) is 12.2 Å². The van der Waals surface area contributed by atoms with Gasteiger partial charge in [-0.15, -0.1) is 0 Å². The molecule has 0 saturated carbocycles. The summed E-state index contributed by atoms with van der Waals surface area (Å²) in [5.41, 5.74) is 5.16. The van der Waals surface area contributed by atoms with Gasteiger partial charge in [0, 0.05) is 12.8 Å². The summed E-state index contributed by atoms with van der Waals surface area (Å²) in [6.45, 7) is 5.93. The first-order valence-electron chi connectivity index (χ1n) is 10.7. The van der Waals surface area contributed by atoms with Crippen LogP contribution in [0.3, 0.4) is 0 Å². The quantitative estimate of drug-likeness (QED) is 0.292. The lowest BCUT2D eigenvalue weighted by atomic mass is 10.1. The third-order valence-electron chi connectivity index (χ3n) is 4.70. The van der Waals surface area contributed by atoms with Crippen molar-refractivity contribution in [3.8, 4) is 0 Å². The third kappa shape index (κ3) is 15.2. The molecule has 0 aromatic carbocycles. The Balaban J connectivity index is 4.09. The van der Waals surface area contributed by atoms with Gasteiger partial charge in [-0.1, -0.05) is 65.2 Å². The van der Waals surface area contributed by atoms with Gasteiger partial charge in [0.25, 0.3) is 0 Å². The lowest BCUT2D eigenvalue weighted by Crippen LogP contribution is -2.43. The van der Waals surface area contributed by atoms with Crippen LogP contribution in [0.4, 0.5) is 0 Å². The number of esters is 1. The second-order valence-corrected chi connectivity index (χ2v) is 7.36. The Morgan fingerprint density at radius 3 is 1.96 bits per heavy atom. The van der Waals surface area contributed by atoms with Crippen molar-refractivity contribution in [1.29, 1.82) is 0 Å². The van der Waals surface area contributed by atoms with Gasteiger partial charge in [0.05, 0.1) is 6.10 Å². The van der Waals surface area contributed by atoms with Crippen LogP contribution in [0.2, 0.25) is 0 Å². The molecule has 6 heteroatoms. The number of carbonyl (C=O) groups excluding carboxylic acids is 3. The Hall–Kier alpha value is -1.59. The molecule has 0 radical (unpaired) electrons. The first-order chi connectivity index (χ1) is 12.9. The first kappa shape index (κ1) is 25.4. The van der Waals surface area contributed by atoms with Gasteiger partial charge in [-0.3, -0.25) is 9.59 Å². The van der Waals surface area contributed by atoms with Gasteiger partial charge in [-0.05, 0) is 26.2 Å². The van der Waals surface area contributed by atoms with E-state index in [1.807, 2.05) is 6.92 Å². The lowest BCUT2D eigenvalue weighted by molar-refractivity contribution is -0.152. The number of rotatable bonds is 17. The molecule has 1 unspecified atom stereocenters. The van der Waals surface area contributed by atoms with Crippen LogP contribution in [-0.4, -0.2) is 29.9 Å². The second kappa shape index (κ2) is 16.6. The van der Waals surface area contributed by atoms with Crippen molar-refractivity contribution < 1.29 is 19.1 Å². The highest BCUT2D eigenvalue weighted by atomic mass is 16.5. The molecule has 3 N–H and O–H groups in total. The monoisotopic (exact) mass is 384 g/mol. The molecular formula is C21H40N2O4. The summed E-state index contributed by atoms with van der Waals surface area (Å²) >= 11 is 0. The predicted octanol–water partition coefficient (Wildman–Crippen LogP) is 4.00. The number of nitrogens with two attached hydrogens (primary N) is 1. The van der Waals surface area contributed by atoms with E-state index in [0.717, 1.165) is 19.3 Å². The summed E-state index contributed by atoms with van der Waals surface area (Å²) in [6, 6.07) is -0.808. The van der Waals surface area contributed by atoms with Gasteiger partial charge >= 0.3 is 5.97 Å². The van der Waals surface area contributed by atoms with Gasteiger partial charge in [-0.25, -0.2) is 4.79 Å². The summed E-state index contributed by atoms with van der Waals surface area (Å²) in [5, 5.41) is 2.71. The molecule has 2 atom stereocenters. The van der Waals surface area contributed by atoms with E-state index in [-0.39, 0.29) is 24.9 Å². The number of unbranched alkanes of at least 4 members (excludes halogenated alkanes) is 8. The van der Waals surface area contributed by atoms with Crippen molar-refractivity contribution in [2.45, 2.75) is 116 Å². The number of hydrogen-bond acceptors (Lipinski definition) is 4. The molecule has 0 rings (SSSR count). The molecular weight excluding hydrogens is 344 g/mol. The summed E-state index contributed by atoms with van der Waals surface area (Å²) in [6.07, 6.45) is 11.7. The third-order valence-corrected chi connectivity index (χ3v) is 4.70. The average molecular weight is 385 g/mol. The topological polar surface area (TPSA) is 98.5 Å². The smallest absolute Gasteiger partial charge is 0.328 e. The molecule has 0 aliphatic rings. The van der Waals surface area contributed by atoms with Crippen LogP contribution >= 0.6 is 0 Å². The normalized spacial score (nSPS) is 13.0. The van der Waals surface area contributed by atoms with Gasteiger partial charge in [0.15, 0.2) is 0 Å². The zero-order chi connectivity index (χ0) is 20.5. The fraction of sp³-hybridized carbons (Fsp3) is 0.857. The number of carbonyl (C=O) groups is 3. The van der Waals surface area contributed by atoms with Gasteiger partial charge in [0.2, 0.25) is 11.8 Å². The van der Waals surface area contributed by atoms with Crippen LogP contribution in [-0.2, 0) is 19.1 Å². The molecule has 6 nitrogen and oxygen atoms in total. The molecule has 158 valence electrons. The lowest BCUT2D eigenvalue weighted by Gasteiger charge is -2.19. The molecule has 0 aromatic heterocycles. The minimum Gasteiger partial charge on any atom is -0.461 e. The zero-order valence-electron chi connectivity index (χ0n) is 17.6. The summed E-state index contributed by atoms with van der Waals surface area (Å²) in [4.78, 5) is 35.3. The molecule has 0 bridgehead atoms. The van der Waals surface area contributed by atoms with E-state index < -0.39 is 17.9 Å². The molecule has 0 fully saturated rings. The number of hydrogen-bond donors (Lipinski definition) is 2. The minimum absolute atomic E-state index is 0.0403. The molecule has 0 aromatic rings. The maximum atomic E-state index is 12.2.